The number of hydrogen-bond donors (Lipinski definition) is 2. The molecule has 1 aliphatic rings. The molecule has 0 radical (unpaired) electrons. The highest BCUT2D eigenvalue weighted by Gasteiger charge is 2.31. The Morgan fingerprint density at radius 1 is 0.722 bits per heavy atom. The summed E-state index contributed by atoms with van der Waals surface area (Å²) in [5.74, 6) is -0.156. The fourth-order valence-corrected chi connectivity index (χ4v) is 2.41. The molecule has 0 heterocycles. The second kappa shape index (κ2) is 4.05. The number of hydrogen-bond acceptors (Lipinski definition) is 3. The minimum Gasteiger partial charge on any atom is -0.385 e. The van der Waals surface area contributed by atoms with Crippen LogP contribution in [0, 0.1) is 0 Å². The predicted molar refractivity (Wildman–Crippen MR) is 66.2 cm³/mol. The summed E-state index contributed by atoms with van der Waals surface area (Å²) in [6.07, 6.45) is -2.15. The Balaban J connectivity index is 2.31. The van der Waals surface area contributed by atoms with Gasteiger partial charge in [-0.3, -0.25) is 4.79 Å². The second-order valence-corrected chi connectivity index (χ2v) is 4.39. The first kappa shape index (κ1) is 11.1. The third-order valence-corrected chi connectivity index (χ3v) is 3.35. The average molecular weight is 240 g/mol. The number of benzene rings is 2. The van der Waals surface area contributed by atoms with Crippen molar-refractivity contribution in [2.75, 3.05) is 0 Å². The van der Waals surface area contributed by atoms with Crippen LogP contribution in [0.3, 0.4) is 0 Å². The van der Waals surface area contributed by atoms with E-state index in [0.717, 1.165) is 0 Å². The third kappa shape index (κ3) is 1.49. The van der Waals surface area contributed by atoms with Crippen molar-refractivity contribution in [1.82, 2.24) is 0 Å². The molecule has 0 aromatic heterocycles. The summed E-state index contributed by atoms with van der Waals surface area (Å²) >= 11 is 0. The normalized spacial score (nSPS) is 22.0. The van der Waals surface area contributed by atoms with Gasteiger partial charge in [0.15, 0.2) is 5.78 Å². The molecule has 90 valence electrons. The third-order valence-electron chi connectivity index (χ3n) is 3.35. The summed E-state index contributed by atoms with van der Waals surface area (Å²) in [5, 5.41) is 20.3. The predicted octanol–water partition coefficient (Wildman–Crippen LogP) is 2.00. The SMILES string of the molecule is O=C1c2ccccc2C(O)[C@H](O)c2ccccc21. The van der Waals surface area contributed by atoms with Gasteiger partial charge in [0.25, 0.3) is 0 Å². The van der Waals surface area contributed by atoms with E-state index in [9.17, 15) is 15.0 Å². The monoisotopic (exact) mass is 240 g/mol. The van der Waals surface area contributed by atoms with E-state index in [1.807, 2.05) is 0 Å². The molecule has 3 nitrogen and oxygen atoms in total. The number of carbonyl (C=O) groups excluding carboxylic acids is 1. The minimum absolute atomic E-state index is 0.156. The van der Waals surface area contributed by atoms with Gasteiger partial charge in [-0.25, -0.2) is 0 Å². The van der Waals surface area contributed by atoms with E-state index in [1.165, 1.54) is 0 Å². The summed E-state index contributed by atoms with van der Waals surface area (Å²) in [6, 6.07) is 13.7. The summed E-state index contributed by atoms with van der Waals surface area (Å²) in [6.45, 7) is 0. The maximum Gasteiger partial charge on any atom is 0.193 e. The van der Waals surface area contributed by atoms with Crippen molar-refractivity contribution in [3.8, 4) is 0 Å². The standard InChI is InChI=1S/C15H12O3/c16-13-9-5-1-3-7-11(9)14(17)15(18)12-8-4-2-6-10(12)13/h1-8,14-15,17-18H/t14-,15?/m1/s1. The van der Waals surface area contributed by atoms with E-state index in [4.69, 9.17) is 0 Å². The van der Waals surface area contributed by atoms with E-state index in [1.54, 1.807) is 48.5 Å². The molecule has 2 aromatic rings. The van der Waals surface area contributed by atoms with Crippen LogP contribution in [0.15, 0.2) is 48.5 Å². The van der Waals surface area contributed by atoms with Crippen molar-refractivity contribution < 1.29 is 15.0 Å². The van der Waals surface area contributed by atoms with E-state index in [-0.39, 0.29) is 5.78 Å². The second-order valence-electron chi connectivity index (χ2n) is 4.39. The molecular weight excluding hydrogens is 228 g/mol. The lowest BCUT2D eigenvalue weighted by molar-refractivity contribution is 0.0176. The number of fused-ring (bicyclic) bond motifs is 2. The van der Waals surface area contributed by atoms with Crippen LogP contribution in [-0.4, -0.2) is 16.0 Å². The smallest absolute Gasteiger partial charge is 0.193 e. The minimum atomic E-state index is -1.08. The lowest BCUT2D eigenvalue weighted by Gasteiger charge is -2.17. The van der Waals surface area contributed by atoms with Gasteiger partial charge in [0, 0.05) is 11.1 Å². The van der Waals surface area contributed by atoms with Crippen molar-refractivity contribution in [3.05, 3.63) is 70.8 Å². The lowest BCUT2D eigenvalue weighted by Crippen LogP contribution is -2.10. The zero-order valence-electron chi connectivity index (χ0n) is 9.58. The molecule has 1 unspecified atom stereocenters. The van der Waals surface area contributed by atoms with Gasteiger partial charge in [-0.05, 0) is 11.1 Å². The number of aliphatic hydroxyl groups is 2. The molecular formula is C15H12O3. The van der Waals surface area contributed by atoms with Crippen molar-refractivity contribution >= 4 is 5.78 Å². The molecule has 0 bridgehead atoms. The quantitative estimate of drug-likeness (QED) is 0.740. The average Bonchev–Trinajstić information content (AvgIpc) is 2.51. The van der Waals surface area contributed by atoms with Gasteiger partial charge >= 0.3 is 0 Å². The number of ketones is 1. The molecule has 2 aromatic carbocycles. The van der Waals surface area contributed by atoms with E-state index < -0.39 is 12.2 Å². The molecule has 0 amide bonds. The summed E-state index contributed by atoms with van der Waals surface area (Å²) in [5.41, 5.74) is 1.86. The number of rotatable bonds is 0. The van der Waals surface area contributed by atoms with E-state index in [0.29, 0.717) is 22.3 Å². The highest BCUT2D eigenvalue weighted by molar-refractivity contribution is 6.11. The van der Waals surface area contributed by atoms with E-state index >= 15 is 0 Å². The Kier molecular flexibility index (Phi) is 2.51. The Labute approximate surface area is 104 Å². The fraction of sp³-hybridized carbons (Fsp3) is 0.133. The Morgan fingerprint density at radius 2 is 1.11 bits per heavy atom. The molecule has 3 rings (SSSR count). The maximum atomic E-state index is 12.4. The topological polar surface area (TPSA) is 57.5 Å². The van der Waals surface area contributed by atoms with Crippen molar-refractivity contribution in [1.29, 1.82) is 0 Å². The molecule has 0 saturated heterocycles. The highest BCUT2D eigenvalue weighted by Crippen LogP contribution is 2.37. The first-order valence-electron chi connectivity index (χ1n) is 5.79. The van der Waals surface area contributed by atoms with Gasteiger partial charge in [-0.2, -0.15) is 0 Å². The largest absolute Gasteiger partial charge is 0.385 e. The van der Waals surface area contributed by atoms with Crippen molar-refractivity contribution in [2.24, 2.45) is 0 Å². The zero-order chi connectivity index (χ0) is 12.7. The van der Waals surface area contributed by atoms with Crippen LogP contribution in [-0.2, 0) is 0 Å². The summed E-state index contributed by atoms with van der Waals surface area (Å²) < 4.78 is 0. The maximum absolute atomic E-state index is 12.4. The van der Waals surface area contributed by atoms with Gasteiger partial charge in [0.1, 0.15) is 12.2 Å². The molecule has 0 fully saturated rings. The van der Waals surface area contributed by atoms with Crippen LogP contribution in [0.4, 0.5) is 0 Å². The molecule has 0 aliphatic heterocycles. The van der Waals surface area contributed by atoms with Gasteiger partial charge in [0.2, 0.25) is 0 Å². The molecule has 2 N–H and O–H groups in total. The summed E-state index contributed by atoms with van der Waals surface area (Å²) in [7, 11) is 0. The first-order chi connectivity index (χ1) is 8.70. The van der Waals surface area contributed by atoms with Gasteiger partial charge in [-0.15, -0.1) is 0 Å². The van der Waals surface area contributed by atoms with Gasteiger partial charge in [0.05, 0.1) is 0 Å². The molecule has 2 atom stereocenters. The number of carbonyl (C=O) groups is 1. The number of aliphatic hydroxyl groups excluding tert-OH is 2. The molecule has 0 spiro atoms. The van der Waals surface area contributed by atoms with Crippen LogP contribution >= 0.6 is 0 Å². The van der Waals surface area contributed by atoms with E-state index in [2.05, 4.69) is 0 Å². The fourth-order valence-electron chi connectivity index (χ4n) is 2.41. The summed E-state index contributed by atoms with van der Waals surface area (Å²) in [4.78, 5) is 12.4. The van der Waals surface area contributed by atoms with Gasteiger partial charge < -0.3 is 10.2 Å². The lowest BCUT2D eigenvalue weighted by atomic mass is 9.99. The van der Waals surface area contributed by atoms with Crippen molar-refractivity contribution in [3.63, 3.8) is 0 Å². The van der Waals surface area contributed by atoms with Crippen LogP contribution in [0.2, 0.25) is 0 Å². The Bertz CT molecular complexity index is 565. The van der Waals surface area contributed by atoms with Crippen LogP contribution < -0.4 is 0 Å². The molecule has 3 heteroatoms. The van der Waals surface area contributed by atoms with Gasteiger partial charge in [-0.1, -0.05) is 48.5 Å². The van der Waals surface area contributed by atoms with Crippen LogP contribution in [0.5, 0.6) is 0 Å². The van der Waals surface area contributed by atoms with Crippen LogP contribution in [0.25, 0.3) is 0 Å². The molecule has 18 heavy (non-hydrogen) atoms. The first-order valence-corrected chi connectivity index (χ1v) is 5.79. The zero-order valence-corrected chi connectivity index (χ0v) is 9.58. The molecule has 1 aliphatic carbocycles. The Hall–Kier alpha value is -1.97. The molecule has 0 saturated carbocycles. The Morgan fingerprint density at radius 3 is 1.56 bits per heavy atom. The van der Waals surface area contributed by atoms with Crippen LogP contribution in [0.1, 0.15) is 39.3 Å². The van der Waals surface area contributed by atoms with Crippen molar-refractivity contribution in [2.45, 2.75) is 12.2 Å². The highest BCUT2D eigenvalue weighted by atomic mass is 16.3.